The van der Waals surface area contributed by atoms with Gasteiger partial charge in [0.25, 0.3) is 0 Å². The Hall–Kier alpha value is -0.300. The Morgan fingerprint density at radius 2 is 1.81 bits per heavy atom. The van der Waals surface area contributed by atoms with Gasteiger partial charge < -0.3 is 9.47 Å². The van der Waals surface area contributed by atoms with Gasteiger partial charge in [-0.1, -0.05) is 26.2 Å². The van der Waals surface area contributed by atoms with E-state index in [1.54, 1.807) is 0 Å². The van der Waals surface area contributed by atoms with Gasteiger partial charge in [0, 0.05) is 26.7 Å². The fourth-order valence-electron chi connectivity index (χ4n) is 4.43. The van der Waals surface area contributed by atoms with Crippen LogP contribution >= 0.6 is 11.8 Å². The maximum Gasteiger partial charge on any atom is 0.245 e. The van der Waals surface area contributed by atoms with Crippen LogP contribution in [0.3, 0.4) is 0 Å². The predicted molar refractivity (Wildman–Crippen MR) is 110 cm³/mol. The van der Waals surface area contributed by atoms with E-state index in [0.717, 1.165) is 13.0 Å². The largest absolute Gasteiger partial charge is 0.381 e. The minimum atomic E-state index is -0.257. The van der Waals surface area contributed by atoms with Crippen molar-refractivity contribution in [3.63, 3.8) is 0 Å². The summed E-state index contributed by atoms with van der Waals surface area (Å²) in [6.07, 6.45) is 12.1. The number of ether oxygens (including phenoxy) is 2. The highest BCUT2D eigenvalue weighted by Crippen LogP contribution is 2.46. The van der Waals surface area contributed by atoms with Crippen molar-refractivity contribution in [3.8, 4) is 0 Å². The molecule has 0 aromatic carbocycles. The van der Waals surface area contributed by atoms with E-state index in [1.165, 1.54) is 63.5 Å². The van der Waals surface area contributed by atoms with Crippen molar-refractivity contribution in [2.45, 2.75) is 83.3 Å². The number of nitrogens with zero attached hydrogens (tertiary/aromatic N) is 1. The Morgan fingerprint density at radius 3 is 2.52 bits per heavy atom. The molecule has 2 aliphatic heterocycles. The molecule has 0 aromatic heterocycles. The third-order valence-corrected chi connectivity index (χ3v) is 7.07. The van der Waals surface area contributed by atoms with Crippen LogP contribution < -0.4 is 0 Å². The first-order valence-corrected chi connectivity index (χ1v) is 12.0. The lowest BCUT2D eigenvalue weighted by atomic mass is 9.76. The Bertz CT molecular complexity index is 421. The minimum absolute atomic E-state index is 0.257. The van der Waals surface area contributed by atoms with Gasteiger partial charge in [0.2, 0.25) is 5.91 Å². The molecule has 2 rings (SSSR count). The Labute approximate surface area is 169 Å². The van der Waals surface area contributed by atoms with Gasteiger partial charge in [-0.15, -0.1) is 0 Å². The Balaban J connectivity index is 1.56. The zero-order valence-electron chi connectivity index (χ0n) is 17.2. The van der Waals surface area contributed by atoms with Gasteiger partial charge in [0.15, 0.2) is 0 Å². The zero-order chi connectivity index (χ0) is 19.5. The highest BCUT2D eigenvalue weighted by Gasteiger charge is 2.47. The molecule has 0 aromatic rings. The van der Waals surface area contributed by atoms with Crippen molar-refractivity contribution < 1.29 is 19.5 Å². The maximum atomic E-state index is 11.3. The number of hydrogen-bond acceptors (Lipinski definition) is 5. The van der Waals surface area contributed by atoms with Gasteiger partial charge in [-0.2, -0.15) is 11.8 Å². The standard InChI is InChI=1S/C21H39NO4S/c1-3-4-5-6-15-27-16-12-18-17(19-9-10-20(18)26-19)11-14-25-13-7-8-21(23)22(2)24/h17-20,24H,3-16H2,1-2H3. The first-order chi connectivity index (χ1) is 13.1. The molecule has 4 atom stereocenters. The van der Waals surface area contributed by atoms with Crippen molar-refractivity contribution in [2.24, 2.45) is 11.8 Å². The average Bonchev–Trinajstić information content (AvgIpc) is 3.25. The topological polar surface area (TPSA) is 59.0 Å². The third-order valence-electron chi connectivity index (χ3n) is 5.96. The second-order valence-corrected chi connectivity index (χ2v) is 9.23. The van der Waals surface area contributed by atoms with E-state index in [9.17, 15) is 4.79 Å². The quantitative estimate of drug-likeness (QED) is 0.248. The van der Waals surface area contributed by atoms with Gasteiger partial charge >= 0.3 is 0 Å². The number of fused-ring (bicyclic) bond motifs is 2. The lowest BCUT2D eigenvalue weighted by Gasteiger charge is -2.28. The second kappa shape index (κ2) is 13.0. The summed E-state index contributed by atoms with van der Waals surface area (Å²) in [6.45, 7) is 3.60. The number of hydroxylamine groups is 2. The molecule has 2 heterocycles. The highest BCUT2D eigenvalue weighted by molar-refractivity contribution is 7.99. The van der Waals surface area contributed by atoms with Gasteiger partial charge in [-0.25, -0.2) is 5.06 Å². The molecule has 0 saturated carbocycles. The summed E-state index contributed by atoms with van der Waals surface area (Å²) < 4.78 is 12.0. The molecule has 27 heavy (non-hydrogen) atoms. The molecule has 2 aliphatic rings. The molecular weight excluding hydrogens is 362 g/mol. The van der Waals surface area contributed by atoms with E-state index in [0.29, 0.717) is 48.6 Å². The van der Waals surface area contributed by atoms with Gasteiger partial charge in [0.05, 0.1) is 12.2 Å². The first-order valence-electron chi connectivity index (χ1n) is 10.9. The van der Waals surface area contributed by atoms with E-state index in [2.05, 4.69) is 18.7 Å². The maximum absolute atomic E-state index is 11.3. The number of amides is 1. The summed E-state index contributed by atoms with van der Waals surface area (Å²) in [7, 11) is 1.36. The predicted octanol–water partition coefficient (Wildman–Crippen LogP) is 4.52. The van der Waals surface area contributed by atoms with Crippen LogP contribution in [0.25, 0.3) is 0 Å². The molecular formula is C21H39NO4S. The lowest BCUT2D eigenvalue weighted by molar-refractivity contribution is -0.159. The van der Waals surface area contributed by atoms with Crippen LogP contribution in [-0.4, -0.2) is 60.2 Å². The number of unbranched alkanes of at least 4 members (excludes halogenated alkanes) is 3. The first kappa shape index (κ1) is 23.0. The Morgan fingerprint density at radius 1 is 1.07 bits per heavy atom. The third kappa shape index (κ3) is 7.92. The van der Waals surface area contributed by atoms with Crippen LogP contribution in [0.4, 0.5) is 0 Å². The zero-order valence-corrected chi connectivity index (χ0v) is 18.1. The lowest BCUT2D eigenvalue weighted by Crippen LogP contribution is -2.29. The van der Waals surface area contributed by atoms with E-state index in [-0.39, 0.29) is 5.91 Å². The number of carbonyl (C=O) groups is 1. The smallest absolute Gasteiger partial charge is 0.245 e. The summed E-state index contributed by atoms with van der Waals surface area (Å²) in [5, 5.41) is 9.68. The van der Waals surface area contributed by atoms with Crippen LogP contribution in [0, 0.1) is 11.8 Å². The van der Waals surface area contributed by atoms with Crippen LogP contribution in [0.5, 0.6) is 0 Å². The Kier molecular flexibility index (Phi) is 11.1. The number of rotatable bonds is 15. The molecule has 4 unspecified atom stereocenters. The normalized spacial score (nSPS) is 26.6. The number of hydrogen-bond donors (Lipinski definition) is 1. The van der Waals surface area contributed by atoms with Crippen LogP contribution in [-0.2, 0) is 14.3 Å². The van der Waals surface area contributed by atoms with E-state index in [1.807, 2.05) is 0 Å². The molecule has 0 spiro atoms. The monoisotopic (exact) mass is 401 g/mol. The van der Waals surface area contributed by atoms with Crippen molar-refractivity contribution in [1.29, 1.82) is 0 Å². The summed E-state index contributed by atoms with van der Waals surface area (Å²) in [5.41, 5.74) is 0. The van der Waals surface area contributed by atoms with Crippen LogP contribution in [0.1, 0.15) is 71.1 Å². The van der Waals surface area contributed by atoms with Crippen molar-refractivity contribution in [2.75, 3.05) is 31.8 Å². The molecule has 0 radical (unpaired) electrons. The molecule has 2 saturated heterocycles. The molecule has 6 heteroatoms. The molecule has 0 aliphatic carbocycles. The van der Waals surface area contributed by atoms with E-state index in [4.69, 9.17) is 14.7 Å². The van der Waals surface area contributed by atoms with Crippen molar-refractivity contribution in [1.82, 2.24) is 5.06 Å². The summed E-state index contributed by atoms with van der Waals surface area (Å²) in [6, 6.07) is 0. The fourth-order valence-corrected chi connectivity index (χ4v) is 5.48. The van der Waals surface area contributed by atoms with E-state index < -0.39 is 0 Å². The summed E-state index contributed by atoms with van der Waals surface area (Å²) in [4.78, 5) is 11.3. The van der Waals surface area contributed by atoms with Crippen molar-refractivity contribution in [3.05, 3.63) is 0 Å². The number of carbonyl (C=O) groups excluding carboxylic acids is 1. The average molecular weight is 402 g/mol. The second-order valence-electron chi connectivity index (χ2n) is 8.00. The fraction of sp³-hybridized carbons (Fsp3) is 0.952. The van der Waals surface area contributed by atoms with Gasteiger partial charge in [0.1, 0.15) is 0 Å². The van der Waals surface area contributed by atoms with Crippen LogP contribution in [0.2, 0.25) is 0 Å². The van der Waals surface area contributed by atoms with Crippen LogP contribution in [0.15, 0.2) is 0 Å². The SMILES string of the molecule is CCCCCCSCCC1C2CCC(O2)C1CCOCCCC(=O)N(C)O. The molecule has 2 fully saturated rings. The van der Waals surface area contributed by atoms with Gasteiger partial charge in [-0.3, -0.25) is 10.0 Å². The molecule has 5 nitrogen and oxygen atoms in total. The summed E-state index contributed by atoms with van der Waals surface area (Å²) >= 11 is 2.12. The minimum Gasteiger partial charge on any atom is -0.381 e. The number of thioether (sulfide) groups is 1. The molecule has 2 bridgehead atoms. The summed E-state index contributed by atoms with van der Waals surface area (Å²) in [5.74, 6) is 3.66. The molecule has 1 amide bonds. The van der Waals surface area contributed by atoms with E-state index >= 15 is 0 Å². The molecule has 158 valence electrons. The highest BCUT2D eigenvalue weighted by atomic mass is 32.2. The van der Waals surface area contributed by atoms with Gasteiger partial charge in [-0.05, 0) is 61.9 Å². The molecule has 1 N–H and O–H groups in total. The van der Waals surface area contributed by atoms with Crippen molar-refractivity contribution >= 4 is 17.7 Å².